The number of methoxy groups -OCH3 is 1. The molecule has 0 aliphatic carbocycles. The fraction of sp³-hybridized carbons (Fsp3) is 0.125. The third kappa shape index (κ3) is 3.25. The van der Waals surface area contributed by atoms with Crippen molar-refractivity contribution >= 4 is 11.6 Å². The Bertz CT molecular complexity index is 962. The van der Waals surface area contributed by atoms with Crippen LogP contribution >= 0.6 is 11.6 Å². The van der Waals surface area contributed by atoms with E-state index in [-0.39, 0.29) is 5.69 Å². The van der Waals surface area contributed by atoms with Gasteiger partial charge in [0, 0.05) is 5.02 Å². The number of benzene rings is 2. The Morgan fingerprint density at radius 1 is 1.12 bits per heavy atom. The lowest BCUT2D eigenvalue weighted by molar-refractivity contribution is -0.137. The van der Waals surface area contributed by atoms with Crippen LogP contribution in [0.4, 0.5) is 13.2 Å². The SMILES string of the molecule is COc1ccc(Cl)cc1-n1cnn(-c2ccc(C(F)(F)F)cc2)c1=O. The molecule has 5 nitrogen and oxygen atoms in total. The van der Waals surface area contributed by atoms with Crippen molar-refractivity contribution < 1.29 is 17.9 Å². The minimum absolute atomic E-state index is 0.206. The first kappa shape index (κ1) is 17.1. The highest BCUT2D eigenvalue weighted by Gasteiger charge is 2.30. The van der Waals surface area contributed by atoms with Gasteiger partial charge >= 0.3 is 11.9 Å². The maximum absolute atomic E-state index is 12.6. The number of halogens is 4. The lowest BCUT2D eigenvalue weighted by Gasteiger charge is -2.08. The van der Waals surface area contributed by atoms with Gasteiger partial charge in [-0.25, -0.2) is 9.36 Å². The minimum Gasteiger partial charge on any atom is -0.495 e. The molecule has 0 atom stereocenters. The van der Waals surface area contributed by atoms with Gasteiger partial charge in [-0.2, -0.15) is 23.0 Å². The van der Waals surface area contributed by atoms with E-state index >= 15 is 0 Å². The zero-order valence-electron chi connectivity index (χ0n) is 12.8. The van der Waals surface area contributed by atoms with Crippen LogP contribution in [-0.2, 0) is 6.18 Å². The second-order valence-electron chi connectivity index (χ2n) is 5.06. The van der Waals surface area contributed by atoms with Crippen LogP contribution in [0.15, 0.2) is 53.6 Å². The molecule has 25 heavy (non-hydrogen) atoms. The van der Waals surface area contributed by atoms with Gasteiger partial charge in [0.15, 0.2) is 0 Å². The van der Waals surface area contributed by atoms with Crippen LogP contribution in [0.5, 0.6) is 5.75 Å². The Morgan fingerprint density at radius 3 is 2.40 bits per heavy atom. The van der Waals surface area contributed by atoms with Crippen LogP contribution < -0.4 is 10.4 Å². The fourth-order valence-corrected chi connectivity index (χ4v) is 2.46. The summed E-state index contributed by atoms with van der Waals surface area (Å²) in [7, 11) is 1.44. The van der Waals surface area contributed by atoms with Crippen LogP contribution in [0.2, 0.25) is 5.02 Å². The zero-order chi connectivity index (χ0) is 18.2. The molecule has 0 saturated carbocycles. The standard InChI is InChI=1S/C16H11ClF3N3O2/c1-25-14-7-4-11(17)8-13(14)22-9-21-23(15(22)24)12-5-2-10(3-6-12)16(18,19)20/h2-9H,1H3. The molecule has 3 aromatic rings. The van der Waals surface area contributed by atoms with E-state index in [1.165, 1.54) is 36.2 Å². The van der Waals surface area contributed by atoms with Gasteiger partial charge in [0.25, 0.3) is 0 Å². The molecule has 2 aromatic carbocycles. The third-order valence-electron chi connectivity index (χ3n) is 3.51. The molecule has 130 valence electrons. The van der Waals surface area contributed by atoms with Crippen LogP contribution in [0.1, 0.15) is 5.56 Å². The van der Waals surface area contributed by atoms with Gasteiger partial charge < -0.3 is 4.74 Å². The number of ether oxygens (including phenoxy) is 1. The molecule has 1 aromatic heterocycles. The molecule has 0 bridgehead atoms. The average Bonchev–Trinajstić information content (AvgIpc) is 2.95. The summed E-state index contributed by atoms with van der Waals surface area (Å²) in [5.74, 6) is 0.401. The Hall–Kier alpha value is -2.74. The average molecular weight is 370 g/mol. The van der Waals surface area contributed by atoms with E-state index in [9.17, 15) is 18.0 Å². The van der Waals surface area contributed by atoms with E-state index in [4.69, 9.17) is 16.3 Å². The lowest BCUT2D eigenvalue weighted by Crippen LogP contribution is -2.23. The molecule has 0 saturated heterocycles. The van der Waals surface area contributed by atoms with Crippen LogP contribution in [-0.4, -0.2) is 21.5 Å². The van der Waals surface area contributed by atoms with E-state index in [2.05, 4.69) is 5.10 Å². The smallest absolute Gasteiger partial charge is 0.416 e. The highest BCUT2D eigenvalue weighted by atomic mass is 35.5. The Kier molecular flexibility index (Phi) is 4.30. The van der Waals surface area contributed by atoms with E-state index in [0.29, 0.717) is 16.5 Å². The summed E-state index contributed by atoms with van der Waals surface area (Å²) < 4.78 is 45.3. The van der Waals surface area contributed by atoms with Crippen molar-refractivity contribution in [2.45, 2.75) is 6.18 Å². The monoisotopic (exact) mass is 369 g/mol. The number of alkyl halides is 3. The first-order valence-electron chi connectivity index (χ1n) is 6.99. The first-order chi connectivity index (χ1) is 11.8. The molecule has 0 radical (unpaired) electrons. The fourth-order valence-electron chi connectivity index (χ4n) is 2.29. The van der Waals surface area contributed by atoms with E-state index < -0.39 is 17.4 Å². The molecule has 0 aliphatic rings. The third-order valence-corrected chi connectivity index (χ3v) is 3.74. The molecule has 3 rings (SSSR count). The van der Waals surface area contributed by atoms with E-state index in [1.807, 2.05) is 0 Å². The molecular formula is C16H11ClF3N3O2. The number of hydrogen-bond acceptors (Lipinski definition) is 3. The number of hydrogen-bond donors (Lipinski definition) is 0. The summed E-state index contributed by atoms with van der Waals surface area (Å²) in [6.07, 6.45) is -3.20. The largest absolute Gasteiger partial charge is 0.495 e. The molecule has 0 spiro atoms. The molecule has 1 heterocycles. The van der Waals surface area contributed by atoms with Crippen molar-refractivity contribution in [3.63, 3.8) is 0 Å². The summed E-state index contributed by atoms with van der Waals surface area (Å²) in [5.41, 5.74) is -0.795. The van der Waals surface area contributed by atoms with Gasteiger partial charge in [0.1, 0.15) is 12.1 Å². The van der Waals surface area contributed by atoms with Crippen LogP contribution in [0.25, 0.3) is 11.4 Å². The molecule has 0 N–H and O–H groups in total. The number of nitrogens with zero attached hydrogens (tertiary/aromatic N) is 3. The van der Waals surface area contributed by atoms with Gasteiger partial charge in [-0.05, 0) is 42.5 Å². The van der Waals surface area contributed by atoms with Crippen LogP contribution in [0, 0.1) is 0 Å². The lowest BCUT2D eigenvalue weighted by atomic mass is 10.2. The number of aromatic nitrogens is 3. The maximum atomic E-state index is 12.6. The van der Waals surface area contributed by atoms with Gasteiger partial charge in [-0.1, -0.05) is 11.6 Å². The molecule has 0 amide bonds. The second kappa shape index (κ2) is 6.29. The topological polar surface area (TPSA) is 49.0 Å². The summed E-state index contributed by atoms with van der Waals surface area (Å²) in [6.45, 7) is 0. The van der Waals surface area contributed by atoms with Gasteiger partial charge in [0.2, 0.25) is 0 Å². The molecular weight excluding hydrogens is 359 g/mol. The highest BCUT2D eigenvalue weighted by molar-refractivity contribution is 6.30. The van der Waals surface area contributed by atoms with Crippen molar-refractivity contribution in [1.82, 2.24) is 14.3 Å². The first-order valence-corrected chi connectivity index (χ1v) is 7.37. The van der Waals surface area contributed by atoms with Crippen molar-refractivity contribution in [1.29, 1.82) is 0 Å². The number of rotatable bonds is 3. The van der Waals surface area contributed by atoms with Gasteiger partial charge in [-0.15, -0.1) is 0 Å². The molecule has 0 aliphatic heterocycles. The van der Waals surface area contributed by atoms with Crippen molar-refractivity contribution in [3.05, 3.63) is 69.9 Å². The molecule has 0 fully saturated rings. The van der Waals surface area contributed by atoms with Crippen molar-refractivity contribution in [2.75, 3.05) is 7.11 Å². The normalized spacial score (nSPS) is 11.6. The Balaban J connectivity index is 2.06. The van der Waals surface area contributed by atoms with E-state index in [0.717, 1.165) is 16.8 Å². The maximum Gasteiger partial charge on any atom is 0.416 e. The molecule has 0 unspecified atom stereocenters. The summed E-state index contributed by atoms with van der Waals surface area (Å²) in [4.78, 5) is 12.6. The Labute approximate surface area is 144 Å². The van der Waals surface area contributed by atoms with Gasteiger partial charge in [-0.3, -0.25) is 0 Å². The Morgan fingerprint density at radius 2 is 1.80 bits per heavy atom. The van der Waals surface area contributed by atoms with E-state index in [1.54, 1.807) is 12.1 Å². The highest BCUT2D eigenvalue weighted by Crippen LogP contribution is 2.29. The zero-order valence-corrected chi connectivity index (χ0v) is 13.5. The summed E-state index contributed by atoms with van der Waals surface area (Å²) in [5, 5.41) is 4.34. The minimum atomic E-state index is -4.45. The van der Waals surface area contributed by atoms with Crippen molar-refractivity contribution in [2.24, 2.45) is 0 Å². The summed E-state index contributed by atoms with van der Waals surface area (Å²) >= 11 is 5.96. The summed E-state index contributed by atoms with van der Waals surface area (Å²) in [6, 6.07) is 8.87. The van der Waals surface area contributed by atoms with Gasteiger partial charge in [0.05, 0.1) is 24.0 Å². The molecule has 9 heteroatoms. The van der Waals surface area contributed by atoms with Crippen molar-refractivity contribution in [3.8, 4) is 17.1 Å². The predicted octanol–water partition coefficient (Wildman–Crippen LogP) is 3.70. The predicted molar refractivity (Wildman–Crippen MR) is 85.7 cm³/mol. The second-order valence-corrected chi connectivity index (χ2v) is 5.49. The van der Waals surface area contributed by atoms with Crippen LogP contribution in [0.3, 0.4) is 0 Å². The quantitative estimate of drug-likeness (QED) is 0.707.